The molecule has 7 nitrogen and oxygen atoms in total. The van der Waals surface area contributed by atoms with E-state index in [-0.39, 0.29) is 23.5 Å². The fourth-order valence-corrected chi connectivity index (χ4v) is 4.80. The molecule has 1 saturated heterocycles. The molecule has 1 aromatic rings. The van der Waals surface area contributed by atoms with E-state index in [1.807, 2.05) is 27.7 Å². The third-order valence-electron chi connectivity index (χ3n) is 6.66. The predicted octanol–water partition coefficient (Wildman–Crippen LogP) is 4.16. The van der Waals surface area contributed by atoms with Crippen LogP contribution in [0.1, 0.15) is 57.3 Å². The van der Waals surface area contributed by atoms with Crippen LogP contribution in [0.5, 0.6) is 17.2 Å². The molecule has 1 heterocycles. The zero-order chi connectivity index (χ0) is 23.6. The maximum Gasteiger partial charge on any atom is 0.338 e. The number of hydrogen-bond donors (Lipinski definition) is 1. The lowest BCUT2D eigenvalue weighted by Gasteiger charge is -2.34. The molecular weight excluding hydrogens is 412 g/mol. The van der Waals surface area contributed by atoms with Crippen LogP contribution in [-0.2, 0) is 9.47 Å². The number of ether oxygens (including phenoxy) is 5. The molecule has 3 rings (SSSR count). The Morgan fingerprint density at radius 3 is 2.31 bits per heavy atom. The molecule has 1 aromatic carbocycles. The van der Waals surface area contributed by atoms with Gasteiger partial charge in [0.2, 0.25) is 5.75 Å². The Labute approximate surface area is 190 Å². The van der Waals surface area contributed by atoms with Crippen LogP contribution in [0.3, 0.4) is 0 Å². The third kappa shape index (κ3) is 4.89. The Morgan fingerprint density at radius 2 is 1.78 bits per heavy atom. The zero-order valence-corrected chi connectivity index (χ0v) is 20.1. The van der Waals surface area contributed by atoms with E-state index >= 15 is 0 Å². The number of aliphatic hydroxyl groups is 1. The molecule has 0 unspecified atom stereocenters. The van der Waals surface area contributed by atoms with E-state index in [9.17, 15) is 9.90 Å². The lowest BCUT2D eigenvalue weighted by atomic mass is 9.78. The first-order chi connectivity index (χ1) is 15.1. The van der Waals surface area contributed by atoms with Gasteiger partial charge in [0.1, 0.15) is 12.2 Å². The highest BCUT2D eigenvalue weighted by atomic mass is 16.6. The van der Waals surface area contributed by atoms with Gasteiger partial charge in [0.05, 0.1) is 38.6 Å². The van der Waals surface area contributed by atoms with Crippen molar-refractivity contribution in [3.63, 3.8) is 0 Å². The van der Waals surface area contributed by atoms with Crippen molar-refractivity contribution in [1.29, 1.82) is 0 Å². The highest BCUT2D eigenvalue weighted by Crippen LogP contribution is 2.47. The number of rotatable bonds is 6. The minimum absolute atomic E-state index is 0.0865. The van der Waals surface area contributed by atoms with Crippen molar-refractivity contribution in [3.05, 3.63) is 29.3 Å². The maximum absolute atomic E-state index is 13.2. The third-order valence-corrected chi connectivity index (χ3v) is 6.66. The summed E-state index contributed by atoms with van der Waals surface area (Å²) in [6.07, 6.45) is 3.00. The van der Waals surface area contributed by atoms with E-state index in [4.69, 9.17) is 23.7 Å². The highest BCUT2D eigenvalue weighted by molar-refractivity contribution is 5.91. The predicted molar refractivity (Wildman–Crippen MR) is 121 cm³/mol. The number of carbonyl (C=O) groups excluding carboxylic acids is 1. The molecule has 1 fully saturated rings. The summed E-state index contributed by atoms with van der Waals surface area (Å²) in [5.74, 6) is 0.477. The number of esters is 1. The summed E-state index contributed by atoms with van der Waals surface area (Å²) in [5, 5.41) is 11.2. The Morgan fingerprint density at radius 1 is 1.16 bits per heavy atom. The summed E-state index contributed by atoms with van der Waals surface area (Å²) in [6.45, 7) is 8.16. The monoisotopic (exact) mass is 448 g/mol. The molecule has 2 aliphatic rings. The summed E-state index contributed by atoms with van der Waals surface area (Å²) in [7, 11) is 4.51. The van der Waals surface area contributed by atoms with E-state index in [0.29, 0.717) is 29.2 Å². The number of aliphatic hydroxyl groups excluding tert-OH is 1. The fourth-order valence-electron chi connectivity index (χ4n) is 4.80. The maximum atomic E-state index is 13.2. The number of benzene rings is 1. The summed E-state index contributed by atoms with van der Waals surface area (Å²) >= 11 is 0. The fraction of sp³-hybridized carbons (Fsp3) is 0.640. The molecule has 1 aliphatic carbocycles. The lowest BCUT2D eigenvalue weighted by molar-refractivity contribution is -0.0419. The van der Waals surface area contributed by atoms with Crippen molar-refractivity contribution in [1.82, 2.24) is 0 Å². The molecule has 1 aliphatic heterocycles. The number of methoxy groups -OCH3 is 3. The van der Waals surface area contributed by atoms with Gasteiger partial charge >= 0.3 is 5.97 Å². The van der Waals surface area contributed by atoms with E-state index in [0.717, 1.165) is 18.4 Å². The molecule has 0 amide bonds. The average molecular weight is 449 g/mol. The van der Waals surface area contributed by atoms with Crippen molar-refractivity contribution >= 4 is 5.97 Å². The Balaban J connectivity index is 1.93. The van der Waals surface area contributed by atoms with Gasteiger partial charge in [0, 0.05) is 12.3 Å². The van der Waals surface area contributed by atoms with Crippen LogP contribution < -0.4 is 14.2 Å². The standard InChI is InChI=1S/C25H36O7/c1-14(2)20-17(11-15(3)9-8-10-25(4)23(32-25)21(20)26)31-24(27)16-12-18(28-5)22(30-7)19(13-16)29-6/h9,12-14,17,20-21,23,26H,8,10-11H2,1-7H3/b15-9+/t17-,20-,21-,23+,25-/m0/s1. The molecule has 0 bridgehead atoms. The molecule has 5 atom stereocenters. The van der Waals surface area contributed by atoms with Crippen molar-refractivity contribution < 1.29 is 33.6 Å². The van der Waals surface area contributed by atoms with Crippen LogP contribution in [-0.4, -0.2) is 56.3 Å². The lowest BCUT2D eigenvalue weighted by Crippen LogP contribution is -2.43. The van der Waals surface area contributed by atoms with Gasteiger partial charge in [-0.3, -0.25) is 0 Å². The van der Waals surface area contributed by atoms with Crippen LogP contribution in [0.25, 0.3) is 0 Å². The minimum Gasteiger partial charge on any atom is -0.493 e. The van der Waals surface area contributed by atoms with Crippen molar-refractivity contribution in [2.24, 2.45) is 11.8 Å². The first-order valence-corrected chi connectivity index (χ1v) is 11.2. The summed E-state index contributed by atoms with van der Waals surface area (Å²) in [5.41, 5.74) is 1.10. The molecule has 32 heavy (non-hydrogen) atoms. The van der Waals surface area contributed by atoms with Gasteiger partial charge in [-0.2, -0.15) is 0 Å². The zero-order valence-electron chi connectivity index (χ0n) is 20.1. The summed E-state index contributed by atoms with van der Waals surface area (Å²) in [4.78, 5) is 13.2. The SMILES string of the molecule is COc1cc(C(=O)O[C@H]2C/C(C)=C/CC[C@]3(C)O[C@@H]3[C@@H](O)[C@H]2C(C)C)cc(OC)c1OC. The normalized spacial score (nSPS) is 31.7. The van der Waals surface area contributed by atoms with Crippen LogP contribution >= 0.6 is 0 Å². The largest absolute Gasteiger partial charge is 0.493 e. The molecule has 0 saturated carbocycles. The Kier molecular flexibility index (Phi) is 7.40. The quantitative estimate of drug-likeness (QED) is 0.397. The van der Waals surface area contributed by atoms with Gasteiger partial charge in [-0.15, -0.1) is 0 Å². The van der Waals surface area contributed by atoms with Crippen LogP contribution in [0.2, 0.25) is 0 Å². The van der Waals surface area contributed by atoms with Crippen LogP contribution in [0.4, 0.5) is 0 Å². The number of carbonyl (C=O) groups is 1. The molecule has 0 radical (unpaired) electrons. The van der Waals surface area contributed by atoms with E-state index in [1.165, 1.54) is 21.3 Å². The molecular formula is C25H36O7. The molecule has 178 valence electrons. The highest BCUT2D eigenvalue weighted by Gasteiger charge is 2.58. The van der Waals surface area contributed by atoms with Gasteiger partial charge in [0.15, 0.2) is 11.5 Å². The van der Waals surface area contributed by atoms with Gasteiger partial charge in [-0.05, 0) is 44.7 Å². The number of hydrogen-bond acceptors (Lipinski definition) is 7. The average Bonchev–Trinajstić information content (AvgIpc) is 3.43. The first kappa shape index (κ1) is 24.4. The Bertz CT molecular complexity index is 837. The van der Waals surface area contributed by atoms with Gasteiger partial charge in [0.25, 0.3) is 0 Å². The smallest absolute Gasteiger partial charge is 0.338 e. The molecule has 1 N–H and O–H groups in total. The molecule has 0 spiro atoms. The second kappa shape index (κ2) is 9.71. The minimum atomic E-state index is -0.719. The Hall–Kier alpha value is -2.25. The number of allylic oxidation sites excluding steroid dienone is 1. The number of fused-ring (bicyclic) bond motifs is 1. The second-order valence-corrected chi connectivity index (χ2v) is 9.31. The van der Waals surface area contributed by atoms with E-state index < -0.39 is 18.2 Å². The summed E-state index contributed by atoms with van der Waals surface area (Å²) in [6, 6.07) is 3.16. The van der Waals surface area contributed by atoms with E-state index in [2.05, 4.69) is 6.08 Å². The van der Waals surface area contributed by atoms with Gasteiger partial charge < -0.3 is 28.8 Å². The molecule has 0 aromatic heterocycles. The first-order valence-electron chi connectivity index (χ1n) is 11.2. The van der Waals surface area contributed by atoms with Gasteiger partial charge in [-0.1, -0.05) is 25.5 Å². The van der Waals surface area contributed by atoms with Crippen molar-refractivity contribution in [3.8, 4) is 17.2 Å². The molecule has 7 heteroatoms. The van der Waals surface area contributed by atoms with Crippen molar-refractivity contribution in [2.75, 3.05) is 21.3 Å². The van der Waals surface area contributed by atoms with Crippen LogP contribution in [0, 0.1) is 11.8 Å². The summed E-state index contributed by atoms with van der Waals surface area (Å²) < 4.78 is 28.1. The van der Waals surface area contributed by atoms with Gasteiger partial charge in [-0.25, -0.2) is 4.79 Å². The topological polar surface area (TPSA) is 86.8 Å². The van der Waals surface area contributed by atoms with Crippen LogP contribution in [0.15, 0.2) is 23.8 Å². The number of epoxide rings is 1. The van der Waals surface area contributed by atoms with E-state index in [1.54, 1.807) is 12.1 Å². The second-order valence-electron chi connectivity index (χ2n) is 9.31. The van der Waals surface area contributed by atoms with Crippen molar-refractivity contribution in [2.45, 2.75) is 70.9 Å².